The van der Waals surface area contributed by atoms with Gasteiger partial charge in [-0.15, -0.1) is 0 Å². The molecule has 0 aromatic rings. The molecule has 2 heteroatoms. The Morgan fingerprint density at radius 3 is 1.82 bits per heavy atom. The smallest absolute Gasteiger partial charge is 0.0598 e. The number of ether oxygens (including phenoxy) is 1. The van der Waals surface area contributed by atoms with Gasteiger partial charge >= 0.3 is 0 Å². The molecule has 0 fully saturated rings. The van der Waals surface area contributed by atoms with Gasteiger partial charge in [0.2, 0.25) is 0 Å². The predicted octanol–water partition coefficient (Wildman–Crippen LogP) is 3.37. The molecule has 0 aromatic carbocycles. The van der Waals surface area contributed by atoms with Gasteiger partial charge in [0.25, 0.3) is 0 Å². The van der Waals surface area contributed by atoms with Gasteiger partial charge in [0, 0.05) is 10.9 Å². The quantitative estimate of drug-likeness (QED) is 0.666. The third-order valence-corrected chi connectivity index (χ3v) is 1.63. The van der Waals surface area contributed by atoms with E-state index in [-0.39, 0.29) is 9.93 Å². The molecule has 0 bridgehead atoms. The highest BCUT2D eigenvalue weighted by Gasteiger charge is 2.15. The van der Waals surface area contributed by atoms with Crippen LogP contribution in [0.2, 0.25) is 0 Å². The van der Waals surface area contributed by atoms with Crippen molar-refractivity contribution in [3.63, 3.8) is 0 Å². The lowest BCUT2D eigenvalue weighted by atomic mass is 10.1. The summed E-state index contributed by atoms with van der Waals surface area (Å²) in [6, 6.07) is 0. The molecule has 0 atom stereocenters. The van der Waals surface area contributed by atoms with Crippen LogP contribution in [-0.4, -0.2) is 16.5 Å². The van der Waals surface area contributed by atoms with Gasteiger partial charge in [-0.2, -0.15) is 0 Å². The summed E-state index contributed by atoms with van der Waals surface area (Å²) in [5.74, 6) is 0. The zero-order valence-corrected chi connectivity index (χ0v) is 9.79. The third-order valence-electron chi connectivity index (χ3n) is 1.23. The van der Waals surface area contributed by atoms with E-state index in [0.717, 1.165) is 13.0 Å². The first-order valence-electron chi connectivity index (χ1n) is 4.04. The van der Waals surface area contributed by atoms with Gasteiger partial charge in [0.1, 0.15) is 0 Å². The van der Waals surface area contributed by atoms with Crippen LogP contribution in [0.4, 0.5) is 0 Å². The van der Waals surface area contributed by atoms with Crippen molar-refractivity contribution in [3.05, 3.63) is 0 Å². The van der Waals surface area contributed by atoms with Crippen LogP contribution in [0.15, 0.2) is 0 Å². The summed E-state index contributed by atoms with van der Waals surface area (Å²) in [6.45, 7) is 11.4. The summed E-state index contributed by atoms with van der Waals surface area (Å²) >= 11 is 3.57. The monoisotopic (exact) mass is 222 g/mol. The first-order chi connectivity index (χ1) is 4.71. The molecule has 68 valence electrons. The maximum atomic E-state index is 5.58. The molecule has 0 aliphatic carbocycles. The Bertz CT molecular complexity index is 93.7. The van der Waals surface area contributed by atoms with Crippen molar-refractivity contribution in [2.75, 3.05) is 6.61 Å². The molecule has 0 unspecified atom stereocenters. The Labute approximate surface area is 78.6 Å². The highest BCUT2D eigenvalue weighted by molar-refractivity contribution is 9.10. The van der Waals surface area contributed by atoms with Gasteiger partial charge in [-0.1, -0.05) is 15.9 Å². The topological polar surface area (TPSA) is 9.23 Å². The van der Waals surface area contributed by atoms with E-state index in [1.807, 2.05) is 0 Å². The summed E-state index contributed by atoms with van der Waals surface area (Å²) < 4.78 is 5.78. The first kappa shape index (κ1) is 11.4. The second-order valence-corrected chi connectivity index (χ2v) is 6.58. The van der Waals surface area contributed by atoms with Crippen LogP contribution in [-0.2, 0) is 4.74 Å². The molecule has 0 amide bonds. The molecule has 0 aliphatic rings. The summed E-state index contributed by atoms with van der Waals surface area (Å²) in [7, 11) is 0. The first-order valence-corrected chi connectivity index (χ1v) is 4.83. The fourth-order valence-electron chi connectivity index (χ4n) is 0.600. The van der Waals surface area contributed by atoms with E-state index in [2.05, 4.69) is 50.5 Å². The Balaban J connectivity index is 3.44. The third kappa shape index (κ3) is 10.4. The van der Waals surface area contributed by atoms with E-state index >= 15 is 0 Å². The number of hydrogen-bond donors (Lipinski definition) is 0. The molecule has 0 spiro atoms. The lowest BCUT2D eigenvalue weighted by Gasteiger charge is -2.22. The van der Waals surface area contributed by atoms with Crippen molar-refractivity contribution in [3.8, 4) is 0 Å². The molecular weight excluding hydrogens is 204 g/mol. The number of alkyl halides is 1. The standard InChI is InChI=1S/C9H19BrO/c1-8(2,3)11-7-6-9(4,5)10/h6-7H2,1-5H3. The van der Waals surface area contributed by atoms with Gasteiger partial charge in [0.05, 0.1) is 5.60 Å². The SMILES string of the molecule is CC(C)(Br)CCOC(C)(C)C. The van der Waals surface area contributed by atoms with Crippen molar-refractivity contribution in [1.82, 2.24) is 0 Å². The molecule has 0 saturated carbocycles. The highest BCUT2D eigenvalue weighted by atomic mass is 79.9. The minimum atomic E-state index is -0.00174. The van der Waals surface area contributed by atoms with E-state index in [9.17, 15) is 0 Å². The highest BCUT2D eigenvalue weighted by Crippen LogP contribution is 2.21. The molecule has 0 radical (unpaired) electrons. The normalized spacial score (nSPS) is 13.6. The van der Waals surface area contributed by atoms with E-state index < -0.39 is 0 Å². The molecule has 0 aromatic heterocycles. The Morgan fingerprint density at radius 1 is 1.09 bits per heavy atom. The average molecular weight is 223 g/mol. The second-order valence-electron chi connectivity index (χ2n) is 4.43. The zero-order valence-electron chi connectivity index (χ0n) is 8.20. The molecule has 0 heterocycles. The van der Waals surface area contributed by atoms with Crippen LogP contribution in [0.3, 0.4) is 0 Å². The lowest BCUT2D eigenvalue weighted by Crippen LogP contribution is -2.23. The van der Waals surface area contributed by atoms with E-state index in [1.54, 1.807) is 0 Å². The summed E-state index contributed by atoms with van der Waals surface area (Å²) in [6.07, 6.45) is 1.05. The molecule has 0 N–H and O–H groups in total. The lowest BCUT2D eigenvalue weighted by molar-refractivity contribution is -0.00600. The maximum Gasteiger partial charge on any atom is 0.0598 e. The molecule has 1 nitrogen and oxygen atoms in total. The van der Waals surface area contributed by atoms with E-state index in [1.165, 1.54) is 0 Å². The van der Waals surface area contributed by atoms with Crippen LogP contribution in [0, 0.1) is 0 Å². The van der Waals surface area contributed by atoms with Gasteiger partial charge in [0.15, 0.2) is 0 Å². The van der Waals surface area contributed by atoms with E-state index in [0.29, 0.717) is 0 Å². The Morgan fingerprint density at radius 2 is 1.55 bits per heavy atom. The Kier molecular flexibility index (Phi) is 4.06. The van der Waals surface area contributed by atoms with Crippen molar-refractivity contribution in [2.45, 2.75) is 51.0 Å². The van der Waals surface area contributed by atoms with Crippen LogP contribution >= 0.6 is 15.9 Å². The summed E-state index contributed by atoms with van der Waals surface area (Å²) in [5.41, 5.74) is -0.00174. The maximum absolute atomic E-state index is 5.58. The van der Waals surface area contributed by atoms with Crippen molar-refractivity contribution >= 4 is 15.9 Å². The summed E-state index contributed by atoms with van der Waals surface area (Å²) in [5, 5.41) is 0. The molecule has 0 aliphatic heterocycles. The molecule has 0 saturated heterocycles. The molecule has 0 rings (SSSR count). The fourth-order valence-corrected chi connectivity index (χ4v) is 0.762. The van der Waals surface area contributed by atoms with E-state index in [4.69, 9.17) is 4.74 Å². The van der Waals surface area contributed by atoms with Gasteiger partial charge in [-0.3, -0.25) is 0 Å². The molecule has 11 heavy (non-hydrogen) atoms. The average Bonchev–Trinajstić information content (AvgIpc) is 1.55. The van der Waals surface area contributed by atoms with Crippen LogP contribution in [0.1, 0.15) is 41.0 Å². The number of halogens is 1. The Hall–Kier alpha value is 0.440. The minimum absolute atomic E-state index is 0.00174. The van der Waals surface area contributed by atoms with Crippen molar-refractivity contribution in [1.29, 1.82) is 0 Å². The van der Waals surface area contributed by atoms with Crippen LogP contribution in [0.5, 0.6) is 0 Å². The minimum Gasteiger partial charge on any atom is -0.376 e. The summed E-state index contributed by atoms with van der Waals surface area (Å²) in [4.78, 5) is 0. The zero-order chi connectivity index (χ0) is 9.12. The van der Waals surface area contributed by atoms with Crippen LogP contribution in [0.25, 0.3) is 0 Å². The van der Waals surface area contributed by atoms with Gasteiger partial charge in [-0.25, -0.2) is 0 Å². The largest absolute Gasteiger partial charge is 0.376 e. The van der Waals surface area contributed by atoms with Crippen molar-refractivity contribution < 1.29 is 4.74 Å². The fraction of sp³-hybridized carbons (Fsp3) is 1.00. The van der Waals surface area contributed by atoms with Crippen LogP contribution < -0.4 is 0 Å². The predicted molar refractivity (Wildman–Crippen MR) is 53.3 cm³/mol. The van der Waals surface area contributed by atoms with Crippen molar-refractivity contribution in [2.24, 2.45) is 0 Å². The number of rotatable bonds is 3. The number of hydrogen-bond acceptors (Lipinski definition) is 1. The van der Waals surface area contributed by atoms with Gasteiger partial charge < -0.3 is 4.74 Å². The molecular formula is C9H19BrO. The second kappa shape index (κ2) is 3.90. The van der Waals surface area contributed by atoms with Gasteiger partial charge in [-0.05, 0) is 41.0 Å².